The van der Waals surface area contributed by atoms with Crippen LogP contribution in [0.4, 0.5) is 27.6 Å². The number of ether oxygens (including phenoxy) is 2. The van der Waals surface area contributed by atoms with Crippen molar-refractivity contribution in [1.82, 2.24) is 10.3 Å². The third-order valence-corrected chi connectivity index (χ3v) is 6.83. The standard InChI is InChI=1S/C29H28F5N3O4/c30-21-7-3-19(4-8-21)25(18-1-5-20(6-2-18)29(32,33)34)11-28(39)37-27-14-35-13-26(31)24(27)10-9-23-12-36-22(16-41-23)15-40-17-38/h1-8,13-14,17,22-23,25,36H,9-12,15-16H2,(H,37,39)/t22-,23-,25+/m1/s1. The molecule has 0 aliphatic carbocycles. The molecule has 1 aliphatic rings. The second-order valence-electron chi connectivity index (χ2n) is 9.65. The molecular weight excluding hydrogens is 549 g/mol. The summed E-state index contributed by atoms with van der Waals surface area (Å²) in [6.07, 6.45) is -1.93. The molecule has 1 amide bonds. The first-order valence-electron chi connectivity index (χ1n) is 12.9. The minimum Gasteiger partial charge on any atom is -0.466 e. The number of rotatable bonds is 11. The van der Waals surface area contributed by atoms with Gasteiger partial charge in [-0.15, -0.1) is 0 Å². The second-order valence-corrected chi connectivity index (χ2v) is 9.65. The summed E-state index contributed by atoms with van der Waals surface area (Å²) < 4.78 is 78.1. The van der Waals surface area contributed by atoms with Gasteiger partial charge >= 0.3 is 6.18 Å². The van der Waals surface area contributed by atoms with E-state index >= 15 is 0 Å². The zero-order valence-corrected chi connectivity index (χ0v) is 21.8. The number of nitrogens with zero attached hydrogens (tertiary/aromatic N) is 1. The number of morpholine rings is 1. The van der Waals surface area contributed by atoms with Gasteiger partial charge in [0.1, 0.15) is 18.2 Å². The number of nitrogens with one attached hydrogen (secondary N) is 2. The van der Waals surface area contributed by atoms with Crippen LogP contribution in [0.25, 0.3) is 0 Å². The highest BCUT2D eigenvalue weighted by Gasteiger charge is 2.31. The monoisotopic (exact) mass is 577 g/mol. The molecule has 0 unspecified atom stereocenters. The van der Waals surface area contributed by atoms with Crippen LogP contribution in [-0.2, 0) is 31.7 Å². The molecule has 0 radical (unpaired) electrons. The summed E-state index contributed by atoms with van der Waals surface area (Å²) in [7, 11) is 0. The Labute approximate surface area is 233 Å². The normalized spacial score (nSPS) is 18.0. The van der Waals surface area contributed by atoms with Crippen LogP contribution in [-0.4, -0.2) is 49.3 Å². The summed E-state index contributed by atoms with van der Waals surface area (Å²) in [5.74, 6) is -2.33. The van der Waals surface area contributed by atoms with Crippen molar-refractivity contribution in [3.8, 4) is 0 Å². The number of anilines is 1. The lowest BCUT2D eigenvalue weighted by molar-refractivity contribution is -0.137. The molecule has 4 rings (SSSR count). The number of pyridine rings is 1. The molecule has 0 saturated carbocycles. The van der Waals surface area contributed by atoms with E-state index in [1.807, 2.05) is 0 Å². The van der Waals surface area contributed by atoms with Gasteiger partial charge in [-0.05, 0) is 48.2 Å². The predicted molar refractivity (Wildman–Crippen MR) is 139 cm³/mol. The third kappa shape index (κ3) is 8.30. The van der Waals surface area contributed by atoms with Gasteiger partial charge in [0, 0.05) is 24.4 Å². The summed E-state index contributed by atoms with van der Waals surface area (Å²) in [5, 5.41) is 5.88. The first-order valence-corrected chi connectivity index (χ1v) is 12.9. The molecule has 1 aromatic heterocycles. The van der Waals surface area contributed by atoms with Crippen molar-refractivity contribution in [3.63, 3.8) is 0 Å². The summed E-state index contributed by atoms with van der Waals surface area (Å²) in [6.45, 7) is 1.32. The highest BCUT2D eigenvalue weighted by molar-refractivity contribution is 5.92. The summed E-state index contributed by atoms with van der Waals surface area (Å²) in [5.41, 5.74) is 0.521. The summed E-state index contributed by atoms with van der Waals surface area (Å²) in [4.78, 5) is 27.4. The number of aromatic nitrogens is 1. The third-order valence-electron chi connectivity index (χ3n) is 6.83. The summed E-state index contributed by atoms with van der Waals surface area (Å²) >= 11 is 0. The molecule has 1 aliphatic heterocycles. The average Bonchev–Trinajstić information content (AvgIpc) is 2.95. The number of amides is 1. The Morgan fingerprint density at radius 1 is 1.10 bits per heavy atom. The van der Waals surface area contributed by atoms with Crippen LogP contribution in [0.2, 0.25) is 0 Å². The van der Waals surface area contributed by atoms with Crippen LogP contribution >= 0.6 is 0 Å². The Balaban J connectivity index is 1.45. The molecule has 3 aromatic rings. The Morgan fingerprint density at radius 2 is 1.78 bits per heavy atom. The van der Waals surface area contributed by atoms with E-state index in [-0.39, 0.29) is 42.8 Å². The molecule has 41 heavy (non-hydrogen) atoms. The number of hydrogen-bond acceptors (Lipinski definition) is 6. The van der Waals surface area contributed by atoms with Crippen molar-refractivity contribution in [2.75, 3.05) is 25.1 Å². The van der Waals surface area contributed by atoms with Crippen LogP contribution < -0.4 is 10.6 Å². The number of benzene rings is 2. The van der Waals surface area contributed by atoms with E-state index < -0.39 is 35.2 Å². The molecule has 218 valence electrons. The fourth-order valence-electron chi connectivity index (χ4n) is 4.66. The topological polar surface area (TPSA) is 89.6 Å². The minimum absolute atomic E-state index is 0.136. The van der Waals surface area contributed by atoms with E-state index in [4.69, 9.17) is 9.47 Å². The second kappa shape index (κ2) is 13.6. The maximum Gasteiger partial charge on any atom is 0.416 e. The molecule has 0 bridgehead atoms. The number of alkyl halides is 3. The highest BCUT2D eigenvalue weighted by atomic mass is 19.4. The van der Waals surface area contributed by atoms with E-state index in [1.165, 1.54) is 42.6 Å². The van der Waals surface area contributed by atoms with E-state index in [0.717, 1.165) is 18.3 Å². The number of hydrogen-bond donors (Lipinski definition) is 2. The number of carbonyl (C=O) groups is 2. The Hall–Kier alpha value is -3.90. The van der Waals surface area contributed by atoms with Crippen molar-refractivity contribution >= 4 is 18.1 Å². The van der Waals surface area contributed by atoms with Gasteiger partial charge in [-0.2, -0.15) is 13.2 Å². The average molecular weight is 578 g/mol. The maximum absolute atomic E-state index is 14.8. The van der Waals surface area contributed by atoms with Crippen LogP contribution in [0.3, 0.4) is 0 Å². The zero-order chi connectivity index (χ0) is 29.4. The Kier molecular flexibility index (Phi) is 10.0. The Morgan fingerprint density at radius 3 is 2.39 bits per heavy atom. The lowest BCUT2D eigenvalue weighted by Gasteiger charge is -2.30. The molecule has 3 atom stereocenters. The molecule has 1 fully saturated rings. The van der Waals surface area contributed by atoms with Crippen LogP contribution in [0.5, 0.6) is 0 Å². The Bertz CT molecular complexity index is 1310. The molecule has 0 spiro atoms. The van der Waals surface area contributed by atoms with Crippen LogP contribution in [0, 0.1) is 11.6 Å². The van der Waals surface area contributed by atoms with Crippen molar-refractivity contribution < 1.29 is 41.0 Å². The largest absolute Gasteiger partial charge is 0.466 e. The molecular formula is C29H28F5N3O4. The number of carbonyl (C=O) groups excluding carboxylic acids is 2. The van der Waals surface area contributed by atoms with Gasteiger partial charge in [0.25, 0.3) is 6.47 Å². The number of halogens is 5. The van der Waals surface area contributed by atoms with Crippen LogP contribution in [0.15, 0.2) is 60.9 Å². The lowest BCUT2D eigenvalue weighted by atomic mass is 9.87. The van der Waals surface area contributed by atoms with Crippen molar-refractivity contribution in [3.05, 3.63) is 94.8 Å². The van der Waals surface area contributed by atoms with Crippen molar-refractivity contribution in [2.45, 2.75) is 43.5 Å². The fraction of sp³-hybridized carbons (Fsp3) is 0.345. The zero-order valence-electron chi connectivity index (χ0n) is 21.8. The molecule has 2 N–H and O–H groups in total. The molecule has 2 heterocycles. The molecule has 7 nitrogen and oxygen atoms in total. The van der Waals surface area contributed by atoms with Gasteiger partial charge in [-0.3, -0.25) is 14.6 Å². The predicted octanol–water partition coefficient (Wildman–Crippen LogP) is 5.00. The minimum atomic E-state index is -4.52. The maximum atomic E-state index is 14.8. The van der Waals surface area contributed by atoms with Crippen LogP contribution in [0.1, 0.15) is 41.0 Å². The SMILES string of the molecule is O=COC[C@@H]1CO[C@H](CCc2c(F)cncc2NC(=O)C[C@H](c2ccc(F)cc2)c2ccc(C(F)(F)F)cc2)CN1. The van der Waals surface area contributed by atoms with Gasteiger partial charge in [0.15, 0.2) is 0 Å². The van der Waals surface area contributed by atoms with Gasteiger partial charge in [-0.25, -0.2) is 8.78 Å². The van der Waals surface area contributed by atoms with Gasteiger partial charge < -0.3 is 20.1 Å². The van der Waals surface area contributed by atoms with Gasteiger partial charge in [0.05, 0.1) is 42.4 Å². The van der Waals surface area contributed by atoms with Crippen molar-refractivity contribution in [1.29, 1.82) is 0 Å². The molecule has 2 aromatic carbocycles. The quantitative estimate of drug-likeness (QED) is 0.246. The summed E-state index contributed by atoms with van der Waals surface area (Å²) in [6, 6.07) is 9.64. The molecule has 1 saturated heterocycles. The fourth-order valence-corrected chi connectivity index (χ4v) is 4.66. The first-order chi connectivity index (χ1) is 19.6. The van der Waals surface area contributed by atoms with E-state index in [9.17, 15) is 31.5 Å². The van der Waals surface area contributed by atoms with Gasteiger partial charge in [0.2, 0.25) is 5.91 Å². The van der Waals surface area contributed by atoms with Gasteiger partial charge in [-0.1, -0.05) is 24.3 Å². The lowest BCUT2D eigenvalue weighted by Crippen LogP contribution is -2.48. The highest BCUT2D eigenvalue weighted by Crippen LogP contribution is 2.33. The van der Waals surface area contributed by atoms with E-state index in [0.29, 0.717) is 37.2 Å². The first kappa shape index (κ1) is 30.1. The van der Waals surface area contributed by atoms with E-state index in [1.54, 1.807) is 0 Å². The molecule has 12 heteroatoms. The van der Waals surface area contributed by atoms with Crippen molar-refractivity contribution in [2.24, 2.45) is 0 Å². The smallest absolute Gasteiger partial charge is 0.416 e. The van der Waals surface area contributed by atoms with E-state index in [2.05, 4.69) is 15.6 Å².